The van der Waals surface area contributed by atoms with Crippen LogP contribution in [0.1, 0.15) is 28.5 Å². The highest BCUT2D eigenvalue weighted by Gasteiger charge is 2.10. The Morgan fingerprint density at radius 1 is 1.12 bits per heavy atom. The van der Waals surface area contributed by atoms with E-state index in [1.54, 1.807) is 30.5 Å². The van der Waals surface area contributed by atoms with Gasteiger partial charge in [-0.1, -0.05) is 24.3 Å². The molecule has 26 heavy (non-hydrogen) atoms. The zero-order chi connectivity index (χ0) is 18.7. The summed E-state index contributed by atoms with van der Waals surface area (Å²) in [6.45, 7) is 3.43. The molecule has 1 heterocycles. The van der Waals surface area contributed by atoms with E-state index in [1.807, 2.05) is 38.2 Å². The fourth-order valence-electron chi connectivity index (χ4n) is 2.87. The maximum atomic E-state index is 12.3. The number of benzene rings is 2. The molecule has 6 heteroatoms. The highest BCUT2D eigenvalue weighted by molar-refractivity contribution is 6.02. The summed E-state index contributed by atoms with van der Waals surface area (Å²) in [5.74, 6) is -0.529. The molecule has 0 aliphatic carbocycles. The number of aryl methyl sites for hydroxylation is 1. The van der Waals surface area contributed by atoms with Crippen molar-refractivity contribution in [1.29, 1.82) is 0 Å². The number of aromatic nitrogens is 1. The number of nitrogens with one attached hydrogen (secondary N) is 2. The molecule has 0 spiro atoms. The van der Waals surface area contributed by atoms with Gasteiger partial charge < -0.3 is 9.88 Å². The third-order valence-electron chi connectivity index (χ3n) is 4.25. The van der Waals surface area contributed by atoms with E-state index in [4.69, 9.17) is 0 Å². The van der Waals surface area contributed by atoms with E-state index >= 15 is 0 Å². The van der Waals surface area contributed by atoms with Crippen molar-refractivity contribution in [2.75, 3.05) is 5.32 Å². The van der Waals surface area contributed by atoms with Crippen LogP contribution in [0.15, 0.2) is 53.6 Å². The maximum Gasteiger partial charge on any atom is 0.271 e. The van der Waals surface area contributed by atoms with Gasteiger partial charge in [0.2, 0.25) is 5.91 Å². The van der Waals surface area contributed by atoms with E-state index in [9.17, 15) is 9.59 Å². The number of amides is 2. The Morgan fingerprint density at radius 3 is 2.65 bits per heavy atom. The highest BCUT2D eigenvalue weighted by atomic mass is 16.2. The van der Waals surface area contributed by atoms with Crippen LogP contribution >= 0.6 is 0 Å². The first-order valence-corrected chi connectivity index (χ1v) is 8.22. The van der Waals surface area contributed by atoms with Crippen molar-refractivity contribution in [3.8, 4) is 0 Å². The summed E-state index contributed by atoms with van der Waals surface area (Å²) in [5, 5.41) is 7.84. The minimum absolute atomic E-state index is 0.188. The second-order valence-corrected chi connectivity index (χ2v) is 6.04. The second-order valence-electron chi connectivity index (χ2n) is 6.04. The molecule has 0 radical (unpaired) electrons. The number of nitrogens with zero attached hydrogens (tertiary/aromatic N) is 2. The van der Waals surface area contributed by atoms with E-state index in [0.717, 1.165) is 22.2 Å². The molecule has 0 aliphatic rings. The number of carbonyl (C=O) groups is 2. The first kappa shape index (κ1) is 17.4. The Bertz CT molecular complexity index is 1020. The van der Waals surface area contributed by atoms with Crippen LogP contribution in [0.5, 0.6) is 0 Å². The fraction of sp³-hybridized carbons (Fsp3) is 0.150. The standard InChI is InChI=1S/C20H20N4O2/c1-13-18(17-9-4-5-10-19(17)24(13)3)12-21-23-20(26)15-7-6-8-16(11-15)22-14(2)25/h4-12H,1-3H3,(H,22,25)(H,23,26)/b21-12-. The minimum atomic E-state index is -0.341. The normalized spacial score (nSPS) is 11.0. The van der Waals surface area contributed by atoms with Gasteiger partial charge in [0.05, 0.1) is 6.21 Å². The molecule has 0 unspecified atom stereocenters. The first-order chi connectivity index (χ1) is 12.5. The summed E-state index contributed by atoms with van der Waals surface area (Å²) in [6.07, 6.45) is 1.66. The monoisotopic (exact) mass is 348 g/mol. The van der Waals surface area contributed by atoms with Gasteiger partial charge in [-0.25, -0.2) is 5.43 Å². The average Bonchev–Trinajstić information content (AvgIpc) is 2.86. The number of para-hydroxylation sites is 1. The van der Waals surface area contributed by atoms with Crippen molar-refractivity contribution in [1.82, 2.24) is 9.99 Å². The van der Waals surface area contributed by atoms with Gasteiger partial charge in [0.25, 0.3) is 5.91 Å². The van der Waals surface area contributed by atoms with Gasteiger partial charge in [0.15, 0.2) is 0 Å². The first-order valence-electron chi connectivity index (χ1n) is 8.22. The predicted octanol–water partition coefficient (Wildman–Crippen LogP) is 3.21. The van der Waals surface area contributed by atoms with Gasteiger partial charge in [-0.3, -0.25) is 9.59 Å². The molecule has 0 atom stereocenters. The van der Waals surface area contributed by atoms with Crippen LogP contribution < -0.4 is 10.7 Å². The van der Waals surface area contributed by atoms with Crippen LogP contribution in [-0.2, 0) is 11.8 Å². The molecule has 0 saturated heterocycles. The Hall–Kier alpha value is -3.41. The highest BCUT2D eigenvalue weighted by Crippen LogP contribution is 2.23. The Morgan fingerprint density at radius 2 is 1.88 bits per heavy atom. The van der Waals surface area contributed by atoms with E-state index in [1.165, 1.54) is 6.92 Å². The largest absolute Gasteiger partial charge is 0.347 e. The van der Waals surface area contributed by atoms with Gasteiger partial charge in [0.1, 0.15) is 0 Å². The van der Waals surface area contributed by atoms with Gasteiger partial charge >= 0.3 is 0 Å². The minimum Gasteiger partial charge on any atom is -0.347 e. The number of hydrogen-bond donors (Lipinski definition) is 2. The van der Waals surface area contributed by atoms with Crippen LogP contribution in [0, 0.1) is 6.92 Å². The number of hydrogen-bond acceptors (Lipinski definition) is 3. The van der Waals surface area contributed by atoms with Crippen LogP contribution in [-0.4, -0.2) is 22.6 Å². The molecule has 6 nitrogen and oxygen atoms in total. The molecule has 2 N–H and O–H groups in total. The van der Waals surface area contributed by atoms with Gasteiger partial charge in [-0.05, 0) is 31.2 Å². The average molecular weight is 348 g/mol. The molecular weight excluding hydrogens is 328 g/mol. The summed E-state index contributed by atoms with van der Waals surface area (Å²) in [5.41, 5.74) is 6.67. The van der Waals surface area contributed by atoms with Crippen LogP contribution in [0.4, 0.5) is 5.69 Å². The van der Waals surface area contributed by atoms with Gasteiger partial charge in [-0.15, -0.1) is 0 Å². The van der Waals surface area contributed by atoms with E-state index in [-0.39, 0.29) is 11.8 Å². The lowest BCUT2D eigenvalue weighted by molar-refractivity contribution is -0.114. The lowest BCUT2D eigenvalue weighted by Gasteiger charge is -2.04. The number of rotatable bonds is 4. The van der Waals surface area contributed by atoms with Crippen molar-refractivity contribution in [3.63, 3.8) is 0 Å². The maximum absolute atomic E-state index is 12.3. The summed E-state index contributed by atoms with van der Waals surface area (Å²) in [6, 6.07) is 14.8. The quantitative estimate of drug-likeness (QED) is 0.561. The van der Waals surface area contributed by atoms with E-state index in [0.29, 0.717) is 11.3 Å². The van der Waals surface area contributed by atoms with Crippen molar-refractivity contribution in [2.45, 2.75) is 13.8 Å². The molecule has 0 saturated carbocycles. The van der Waals surface area contributed by atoms with Crippen molar-refractivity contribution < 1.29 is 9.59 Å². The van der Waals surface area contributed by atoms with Gasteiger partial charge in [0, 0.05) is 47.4 Å². The summed E-state index contributed by atoms with van der Waals surface area (Å²) in [7, 11) is 2.00. The van der Waals surface area contributed by atoms with Crippen LogP contribution in [0.3, 0.4) is 0 Å². The summed E-state index contributed by atoms with van der Waals surface area (Å²) in [4.78, 5) is 23.4. The molecule has 3 rings (SSSR count). The zero-order valence-electron chi connectivity index (χ0n) is 14.9. The predicted molar refractivity (Wildman–Crippen MR) is 103 cm³/mol. The third-order valence-corrected chi connectivity index (χ3v) is 4.25. The van der Waals surface area contributed by atoms with Crippen molar-refractivity contribution in [3.05, 3.63) is 65.4 Å². The Labute approximate surface area is 151 Å². The van der Waals surface area contributed by atoms with E-state index < -0.39 is 0 Å². The molecule has 1 aromatic heterocycles. The molecule has 3 aromatic rings. The smallest absolute Gasteiger partial charge is 0.271 e. The number of anilines is 1. The topological polar surface area (TPSA) is 75.5 Å². The Kier molecular flexibility index (Phi) is 4.84. The fourth-order valence-corrected chi connectivity index (χ4v) is 2.87. The number of hydrazone groups is 1. The third kappa shape index (κ3) is 3.49. The lowest BCUT2D eigenvalue weighted by Crippen LogP contribution is -2.18. The Balaban J connectivity index is 1.78. The molecule has 0 bridgehead atoms. The van der Waals surface area contributed by atoms with Crippen LogP contribution in [0.2, 0.25) is 0 Å². The second kappa shape index (κ2) is 7.23. The van der Waals surface area contributed by atoms with Crippen molar-refractivity contribution in [2.24, 2.45) is 12.1 Å². The lowest BCUT2D eigenvalue weighted by atomic mass is 10.1. The molecule has 0 fully saturated rings. The SMILES string of the molecule is CC(=O)Nc1cccc(C(=O)N/N=C\c2c(C)n(C)c3ccccc23)c1. The van der Waals surface area contributed by atoms with Crippen LogP contribution in [0.25, 0.3) is 10.9 Å². The van der Waals surface area contributed by atoms with E-state index in [2.05, 4.69) is 20.4 Å². The zero-order valence-corrected chi connectivity index (χ0v) is 14.9. The van der Waals surface area contributed by atoms with Crippen molar-refractivity contribution >= 4 is 34.6 Å². The molecule has 132 valence electrons. The molecular formula is C20H20N4O2. The summed E-state index contributed by atoms with van der Waals surface area (Å²) < 4.78 is 2.09. The number of fused-ring (bicyclic) bond motifs is 1. The van der Waals surface area contributed by atoms with Gasteiger partial charge in [-0.2, -0.15) is 5.10 Å². The number of carbonyl (C=O) groups excluding carboxylic acids is 2. The molecule has 0 aliphatic heterocycles. The summed E-state index contributed by atoms with van der Waals surface area (Å²) >= 11 is 0. The molecule has 2 aromatic carbocycles. The molecule has 2 amide bonds.